The second-order valence-corrected chi connectivity index (χ2v) is 3.37. The highest BCUT2D eigenvalue weighted by Crippen LogP contribution is 2.24. The molecule has 0 amide bonds. The molecule has 2 rings (SSSR count). The Morgan fingerprint density at radius 1 is 1.14 bits per heavy atom. The van der Waals surface area contributed by atoms with Crippen LogP contribution in [0.15, 0.2) is 18.3 Å². The van der Waals surface area contributed by atoms with Crippen LogP contribution in [0.1, 0.15) is 11.1 Å². The third kappa shape index (κ3) is 1.31. The standard InChI is InChI=1S/C11H12N2O/c1-7-4-9-8(2)6-12-13-10(9)5-11(7)14-3/h4-6H,1-3H3. The van der Waals surface area contributed by atoms with Gasteiger partial charge in [-0.15, -0.1) is 0 Å². The van der Waals surface area contributed by atoms with Crippen molar-refractivity contribution in [2.24, 2.45) is 0 Å². The molecule has 1 heterocycles. The van der Waals surface area contributed by atoms with Gasteiger partial charge in [0, 0.05) is 11.5 Å². The first kappa shape index (κ1) is 8.94. The fraction of sp³-hybridized carbons (Fsp3) is 0.273. The lowest BCUT2D eigenvalue weighted by Gasteiger charge is -2.06. The number of rotatable bonds is 1. The predicted octanol–water partition coefficient (Wildman–Crippen LogP) is 2.26. The average molecular weight is 188 g/mol. The Bertz CT molecular complexity index is 480. The lowest BCUT2D eigenvalue weighted by molar-refractivity contribution is 0.412. The van der Waals surface area contributed by atoms with Crippen LogP contribution in [0, 0.1) is 13.8 Å². The number of hydrogen-bond acceptors (Lipinski definition) is 3. The number of benzene rings is 1. The van der Waals surface area contributed by atoms with Crippen molar-refractivity contribution < 1.29 is 4.74 Å². The van der Waals surface area contributed by atoms with Gasteiger partial charge in [0.1, 0.15) is 5.75 Å². The number of aryl methyl sites for hydroxylation is 2. The van der Waals surface area contributed by atoms with Gasteiger partial charge in [-0.25, -0.2) is 0 Å². The molecule has 3 nitrogen and oxygen atoms in total. The molecule has 1 aromatic heterocycles. The van der Waals surface area contributed by atoms with Crippen LogP contribution in [0.2, 0.25) is 0 Å². The number of ether oxygens (including phenoxy) is 1. The summed E-state index contributed by atoms with van der Waals surface area (Å²) in [5.41, 5.74) is 3.14. The third-order valence-corrected chi connectivity index (χ3v) is 2.35. The SMILES string of the molecule is COc1cc2nncc(C)c2cc1C. The molecule has 2 aromatic rings. The highest BCUT2D eigenvalue weighted by atomic mass is 16.5. The molecule has 0 N–H and O–H groups in total. The Labute approximate surface area is 82.7 Å². The minimum absolute atomic E-state index is 0.859. The van der Waals surface area contributed by atoms with Crippen LogP contribution in [0.5, 0.6) is 5.75 Å². The van der Waals surface area contributed by atoms with Gasteiger partial charge in [-0.1, -0.05) is 0 Å². The second-order valence-electron chi connectivity index (χ2n) is 3.37. The van der Waals surface area contributed by atoms with Crippen LogP contribution in [0.3, 0.4) is 0 Å². The van der Waals surface area contributed by atoms with E-state index in [2.05, 4.69) is 16.3 Å². The lowest BCUT2D eigenvalue weighted by Crippen LogP contribution is -1.91. The highest BCUT2D eigenvalue weighted by Gasteiger charge is 2.04. The Balaban J connectivity index is 2.79. The molecule has 0 fully saturated rings. The van der Waals surface area contributed by atoms with Gasteiger partial charge < -0.3 is 4.74 Å². The molecule has 14 heavy (non-hydrogen) atoms. The fourth-order valence-corrected chi connectivity index (χ4v) is 1.54. The molecule has 3 heteroatoms. The summed E-state index contributed by atoms with van der Waals surface area (Å²) in [6.07, 6.45) is 1.77. The molecule has 0 atom stereocenters. The maximum absolute atomic E-state index is 5.23. The van der Waals surface area contributed by atoms with E-state index in [1.807, 2.05) is 19.9 Å². The topological polar surface area (TPSA) is 35.0 Å². The van der Waals surface area contributed by atoms with E-state index in [-0.39, 0.29) is 0 Å². The van der Waals surface area contributed by atoms with E-state index in [1.54, 1.807) is 13.3 Å². The average Bonchev–Trinajstić information content (AvgIpc) is 2.19. The molecule has 0 spiro atoms. The van der Waals surface area contributed by atoms with Gasteiger partial charge in [-0.05, 0) is 31.0 Å². The third-order valence-electron chi connectivity index (χ3n) is 2.35. The zero-order chi connectivity index (χ0) is 10.1. The van der Waals surface area contributed by atoms with Gasteiger partial charge in [0.15, 0.2) is 0 Å². The second kappa shape index (κ2) is 3.25. The first-order valence-electron chi connectivity index (χ1n) is 4.49. The molecule has 0 unspecified atom stereocenters. The van der Waals surface area contributed by atoms with Gasteiger partial charge in [0.2, 0.25) is 0 Å². The predicted molar refractivity (Wildman–Crippen MR) is 55.6 cm³/mol. The first-order chi connectivity index (χ1) is 6.72. The summed E-state index contributed by atoms with van der Waals surface area (Å²) in [4.78, 5) is 0. The number of nitrogens with zero attached hydrogens (tertiary/aromatic N) is 2. The normalized spacial score (nSPS) is 10.5. The Kier molecular flexibility index (Phi) is 2.08. The summed E-state index contributed by atoms with van der Waals surface area (Å²) in [5, 5.41) is 9.11. The number of hydrogen-bond donors (Lipinski definition) is 0. The smallest absolute Gasteiger partial charge is 0.124 e. The molecule has 0 aliphatic rings. The summed E-state index contributed by atoms with van der Waals surface area (Å²) in [7, 11) is 1.66. The van der Waals surface area contributed by atoms with Crippen molar-refractivity contribution in [3.8, 4) is 5.75 Å². The van der Waals surface area contributed by atoms with Crippen LogP contribution in [0.25, 0.3) is 10.9 Å². The van der Waals surface area contributed by atoms with Crippen molar-refractivity contribution >= 4 is 10.9 Å². The molecule has 0 bridgehead atoms. The van der Waals surface area contributed by atoms with E-state index in [0.29, 0.717) is 0 Å². The molecule has 0 saturated carbocycles. The van der Waals surface area contributed by atoms with Crippen LogP contribution in [-0.2, 0) is 0 Å². The zero-order valence-electron chi connectivity index (χ0n) is 8.53. The van der Waals surface area contributed by atoms with Crippen molar-refractivity contribution in [3.63, 3.8) is 0 Å². The molecule has 72 valence electrons. The molecule has 0 radical (unpaired) electrons. The Morgan fingerprint density at radius 2 is 1.93 bits per heavy atom. The largest absolute Gasteiger partial charge is 0.496 e. The van der Waals surface area contributed by atoms with E-state index >= 15 is 0 Å². The van der Waals surface area contributed by atoms with Crippen molar-refractivity contribution in [2.45, 2.75) is 13.8 Å². The molecular weight excluding hydrogens is 176 g/mol. The van der Waals surface area contributed by atoms with Gasteiger partial charge >= 0.3 is 0 Å². The van der Waals surface area contributed by atoms with Crippen LogP contribution < -0.4 is 4.74 Å². The summed E-state index contributed by atoms with van der Waals surface area (Å²) in [5.74, 6) is 0.859. The highest BCUT2D eigenvalue weighted by molar-refractivity contribution is 5.83. The summed E-state index contributed by atoms with van der Waals surface area (Å²) in [6, 6.07) is 4.00. The van der Waals surface area contributed by atoms with Crippen LogP contribution in [-0.4, -0.2) is 17.3 Å². The van der Waals surface area contributed by atoms with E-state index in [4.69, 9.17) is 4.74 Å². The van der Waals surface area contributed by atoms with Gasteiger partial charge in [0.05, 0.1) is 18.8 Å². The van der Waals surface area contributed by atoms with Crippen molar-refractivity contribution in [3.05, 3.63) is 29.5 Å². The fourth-order valence-electron chi connectivity index (χ4n) is 1.54. The quantitative estimate of drug-likeness (QED) is 0.688. The van der Waals surface area contributed by atoms with Crippen molar-refractivity contribution in [1.29, 1.82) is 0 Å². The van der Waals surface area contributed by atoms with E-state index in [0.717, 1.165) is 27.8 Å². The summed E-state index contributed by atoms with van der Waals surface area (Å²) < 4.78 is 5.23. The Hall–Kier alpha value is -1.64. The number of methoxy groups -OCH3 is 1. The van der Waals surface area contributed by atoms with Crippen molar-refractivity contribution in [1.82, 2.24) is 10.2 Å². The molecular formula is C11H12N2O. The maximum atomic E-state index is 5.23. The van der Waals surface area contributed by atoms with Gasteiger partial charge in [-0.3, -0.25) is 0 Å². The zero-order valence-corrected chi connectivity index (χ0v) is 8.53. The minimum Gasteiger partial charge on any atom is -0.496 e. The lowest BCUT2D eigenvalue weighted by atomic mass is 10.1. The molecule has 0 saturated heterocycles. The van der Waals surface area contributed by atoms with E-state index in [9.17, 15) is 0 Å². The van der Waals surface area contributed by atoms with Gasteiger partial charge in [0.25, 0.3) is 0 Å². The minimum atomic E-state index is 0.859. The molecule has 1 aromatic carbocycles. The maximum Gasteiger partial charge on any atom is 0.124 e. The number of aromatic nitrogens is 2. The Morgan fingerprint density at radius 3 is 2.64 bits per heavy atom. The van der Waals surface area contributed by atoms with Crippen LogP contribution in [0.4, 0.5) is 0 Å². The van der Waals surface area contributed by atoms with Crippen molar-refractivity contribution in [2.75, 3.05) is 7.11 Å². The number of fused-ring (bicyclic) bond motifs is 1. The summed E-state index contributed by atoms with van der Waals surface area (Å²) in [6.45, 7) is 4.06. The van der Waals surface area contributed by atoms with E-state index in [1.165, 1.54) is 0 Å². The molecule has 0 aliphatic carbocycles. The first-order valence-corrected chi connectivity index (χ1v) is 4.49. The van der Waals surface area contributed by atoms with Gasteiger partial charge in [-0.2, -0.15) is 10.2 Å². The summed E-state index contributed by atoms with van der Waals surface area (Å²) >= 11 is 0. The van der Waals surface area contributed by atoms with Crippen LogP contribution >= 0.6 is 0 Å². The molecule has 0 aliphatic heterocycles. The monoisotopic (exact) mass is 188 g/mol. The van der Waals surface area contributed by atoms with E-state index < -0.39 is 0 Å².